The van der Waals surface area contributed by atoms with Crippen molar-refractivity contribution in [2.75, 3.05) is 0 Å². The topological polar surface area (TPSA) is 12.0 Å². The highest BCUT2D eigenvalue weighted by Crippen LogP contribution is 2.26. The average molecular weight is 196 g/mol. The van der Waals surface area contributed by atoms with E-state index in [-0.39, 0.29) is 0 Å². The summed E-state index contributed by atoms with van der Waals surface area (Å²) in [5.74, 6) is 0. The molecule has 13 heavy (non-hydrogen) atoms. The van der Waals surface area contributed by atoms with Gasteiger partial charge in [0.05, 0.1) is 0 Å². The van der Waals surface area contributed by atoms with E-state index in [9.17, 15) is 0 Å². The Morgan fingerprint density at radius 1 is 1.23 bits per heavy atom. The molecule has 1 N–H and O–H groups in total. The first kappa shape index (κ1) is 9.04. The van der Waals surface area contributed by atoms with E-state index in [4.69, 9.17) is 11.6 Å². The van der Waals surface area contributed by atoms with Crippen molar-refractivity contribution in [3.63, 3.8) is 0 Å². The fourth-order valence-corrected chi connectivity index (χ4v) is 2.01. The quantitative estimate of drug-likeness (QED) is 0.726. The van der Waals surface area contributed by atoms with Crippen molar-refractivity contribution in [3.05, 3.63) is 34.9 Å². The van der Waals surface area contributed by atoms with Crippen LogP contribution in [0.4, 0.5) is 0 Å². The SMILES string of the molecule is C[C@H]1CC[C@H](c2ccc(Cl)cc2)N1. The average Bonchev–Trinajstić information content (AvgIpc) is 2.53. The van der Waals surface area contributed by atoms with Crippen LogP contribution in [-0.2, 0) is 0 Å². The van der Waals surface area contributed by atoms with Crippen LogP contribution in [0.15, 0.2) is 24.3 Å². The van der Waals surface area contributed by atoms with E-state index in [1.54, 1.807) is 0 Å². The first-order chi connectivity index (χ1) is 6.25. The van der Waals surface area contributed by atoms with E-state index in [1.807, 2.05) is 12.1 Å². The second-order valence-corrected chi connectivity index (χ2v) is 4.19. The molecule has 0 bridgehead atoms. The van der Waals surface area contributed by atoms with E-state index in [1.165, 1.54) is 18.4 Å². The van der Waals surface area contributed by atoms with Crippen molar-refractivity contribution in [3.8, 4) is 0 Å². The molecule has 0 unspecified atom stereocenters. The van der Waals surface area contributed by atoms with Crippen LogP contribution in [0.5, 0.6) is 0 Å². The summed E-state index contributed by atoms with van der Waals surface area (Å²) in [5, 5.41) is 4.36. The van der Waals surface area contributed by atoms with Gasteiger partial charge in [0.1, 0.15) is 0 Å². The number of rotatable bonds is 1. The molecule has 0 aromatic heterocycles. The van der Waals surface area contributed by atoms with Crippen LogP contribution >= 0.6 is 11.6 Å². The van der Waals surface area contributed by atoms with Gasteiger partial charge in [0.15, 0.2) is 0 Å². The monoisotopic (exact) mass is 195 g/mol. The van der Waals surface area contributed by atoms with E-state index in [0.29, 0.717) is 12.1 Å². The number of hydrogen-bond donors (Lipinski definition) is 1. The Bertz CT molecular complexity index is 281. The van der Waals surface area contributed by atoms with Gasteiger partial charge in [-0.15, -0.1) is 0 Å². The molecular weight excluding hydrogens is 182 g/mol. The third kappa shape index (κ3) is 2.04. The van der Waals surface area contributed by atoms with Crippen LogP contribution in [0, 0.1) is 0 Å². The van der Waals surface area contributed by atoms with Gasteiger partial charge in [-0.3, -0.25) is 0 Å². The minimum atomic E-state index is 0.535. The zero-order valence-electron chi connectivity index (χ0n) is 7.76. The third-order valence-corrected chi connectivity index (χ3v) is 2.90. The minimum Gasteiger partial charge on any atom is -0.307 e. The summed E-state index contributed by atoms with van der Waals surface area (Å²) in [5.41, 5.74) is 1.36. The highest BCUT2D eigenvalue weighted by molar-refractivity contribution is 6.30. The standard InChI is InChI=1S/C11H14ClN/c1-8-2-7-11(13-8)9-3-5-10(12)6-4-9/h3-6,8,11,13H,2,7H2,1H3/t8-,11+/m0/s1. The molecule has 1 saturated heterocycles. The van der Waals surface area contributed by atoms with E-state index in [0.717, 1.165) is 5.02 Å². The summed E-state index contributed by atoms with van der Waals surface area (Å²) in [6.07, 6.45) is 2.51. The van der Waals surface area contributed by atoms with Crippen molar-refractivity contribution in [1.82, 2.24) is 5.32 Å². The third-order valence-electron chi connectivity index (χ3n) is 2.65. The van der Waals surface area contributed by atoms with E-state index >= 15 is 0 Å². The predicted octanol–water partition coefficient (Wildman–Crippen LogP) is 3.15. The molecule has 0 saturated carbocycles. The van der Waals surface area contributed by atoms with Crippen molar-refractivity contribution >= 4 is 11.6 Å². The van der Waals surface area contributed by atoms with Crippen LogP contribution < -0.4 is 5.32 Å². The zero-order chi connectivity index (χ0) is 9.26. The van der Waals surface area contributed by atoms with E-state index in [2.05, 4.69) is 24.4 Å². The molecule has 1 aliphatic heterocycles. The summed E-state index contributed by atoms with van der Waals surface area (Å²) < 4.78 is 0. The second kappa shape index (κ2) is 3.69. The summed E-state index contributed by atoms with van der Waals surface area (Å²) >= 11 is 5.83. The Morgan fingerprint density at radius 3 is 2.46 bits per heavy atom. The lowest BCUT2D eigenvalue weighted by atomic mass is 10.1. The molecule has 1 aromatic carbocycles. The number of halogens is 1. The van der Waals surface area contributed by atoms with Crippen LogP contribution in [-0.4, -0.2) is 6.04 Å². The maximum Gasteiger partial charge on any atom is 0.0406 e. The van der Waals surface area contributed by atoms with Gasteiger partial charge in [-0.05, 0) is 37.5 Å². The molecule has 1 fully saturated rings. The van der Waals surface area contributed by atoms with E-state index < -0.39 is 0 Å². The van der Waals surface area contributed by atoms with Gasteiger partial charge in [-0.1, -0.05) is 23.7 Å². The lowest BCUT2D eigenvalue weighted by molar-refractivity contribution is 0.585. The Labute approximate surface area is 84.1 Å². The van der Waals surface area contributed by atoms with Gasteiger partial charge in [-0.2, -0.15) is 0 Å². The normalized spacial score (nSPS) is 27.8. The molecule has 1 aromatic rings. The molecule has 1 aliphatic rings. The molecule has 2 rings (SSSR count). The smallest absolute Gasteiger partial charge is 0.0406 e. The van der Waals surface area contributed by atoms with Gasteiger partial charge in [-0.25, -0.2) is 0 Å². The Morgan fingerprint density at radius 2 is 1.92 bits per heavy atom. The first-order valence-corrected chi connectivity index (χ1v) is 5.15. The fourth-order valence-electron chi connectivity index (χ4n) is 1.88. The van der Waals surface area contributed by atoms with Gasteiger partial charge in [0.2, 0.25) is 0 Å². The molecule has 2 atom stereocenters. The van der Waals surface area contributed by atoms with Crippen molar-refractivity contribution in [2.24, 2.45) is 0 Å². The number of hydrogen-bond acceptors (Lipinski definition) is 1. The summed E-state index contributed by atoms with van der Waals surface area (Å²) in [6.45, 7) is 2.23. The van der Waals surface area contributed by atoms with Crippen molar-refractivity contribution in [1.29, 1.82) is 0 Å². The van der Waals surface area contributed by atoms with Crippen molar-refractivity contribution in [2.45, 2.75) is 31.8 Å². The van der Waals surface area contributed by atoms with Crippen LogP contribution in [0.25, 0.3) is 0 Å². The Balaban J connectivity index is 2.13. The Kier molecular flexibility index (Phi) is 2.56. The molecule has 70 valence electrons. The maximum absolute atomic E-state index is 5.83. The van der Waals surface area contributed by atoms with Gasteiger partial charge >= 0.3 is 0 Å². The summed E-state index contributed by atoms with van der Waals surface area (Å²) in [4.78, 5) is 0. The van der Waals surface area contributed by atoms with Gasteiger partial charge < -0.3 is 5.32 Å². The van der Waals surface area contributed by atoms with Gasteiger partial charge in [0, 0.05) is 17.1 Å². The van der Waals surface area contributed by atoms with Crippen LogP contribution in [0.2, 0.25) is 5.02 Å². The molecule has 2 heteroatoms. The largest absolute Gasteiger partial charge is 0.307 e. The molecular formula is C11H14ClN. The molecule has 0 spiro atoms. The lowest BCUT2D eigenvalue weighted by Crippen LogP contribution is -2.20. The molecule has 1 nitrogen and oxygen atoms in total. The molecule has 0 radical (unpaired) electrons. The first-order valence-electron chi connectivity index (χ1n) is 4.77. The molecule has 0 amide bonds. The van der Waals surface area contributed by atoms with Gasteiger partial charge in [0.25, 0.3) is 0 Å². The molecule has 1 heterocycles. The predicted molar refractivity (Wildman–Crippen MR) is 56.0 cm³/mol. The fraction of sp³-hybridized carbons (Fsp3) is 0.455. The Hall–Kier alpha value is -0.530. The summed E-state index contributed by atoms with van der Waals surface area (Å²) in [7, 11) is 0. The number of benzene rings is 1. The lowest BCUT2D eigenvalue weighted by Gasteiger charge is -2.11. The van der Waals surface area contributed by atoms with Crippen LogP contribution in [0.3, 0.4) is 0 Å². The van der Waals surface area contributed by atoms with Crippen molar-refractivity contribution < 1.29 is 0 Å². The number of nitrogens with one attached hydrogen (secondary N) is 1. The highest BCUT2D eigenvalue weighted by Gasteiger charge is 2.20. The highest BCUT2D eigenvalue weighted by atomic mass is 35.5. The summed E-state index contributed by atoms with van der Waals surface area (Å²) in [6, 6.07) is 9.33. The maximum atomic E-state index is 5.83. The van der Waals surface area contributed by atoms with Crippen LogP contribution in [0.1, 0.15) is 31.4 Å². The zero-order valence-corrected chi connectivity index (χ0v) is 8.51. The minimum absolute atomic E-state index is 0.535. The second-order valence-electron chi connectivity index (χ2n) is 3.75. The molecule has 0 aliphatic carbocycles.